The van der Waals surface area contributed by atoms with Gasteiger partial charge < -0.3 is 25.3 Å². The average Bonchev–Trinajstić information content (AvgIpc) is 3.03. The standard InChI is InChI=1S/C33H37ClFN5O3/c34-26-10-8-25(9-11-26)32(42)40(22-24-6-12-27(35)13-7-24)23-31(41)36-29-14-16-30(17-15-29)38-18-20-39(21-19-38)33(43)37-28-4-2-1-3-5-28/h6-17,28H,1-5,18-23H2,(H,36,41)(H,37,43). The van der Waals surface area contributed by atoms with Crippen LogP contribution in [0.3, 0.4) is 0 Å². The minimum Gasteiger partial charge on any atom is -0.368 e. The van der Waals surface area contributed by atoms with E-state index in [1.54, 1.807) is 36.4 Å². The van der Waals surface area contributed by atoms with E-state index >= 15 is 0 Å². The first-order chi connectivity index (χ1) is 20.8. The van der Waals surface area contributed by atoms with E-state index in [4.69, 9.17) is 11.6 Å². The molecule has 2 fully saturated rings. The van der Waals surface area contributed by atoms with Crippen molar-refractivity contribution in [2.75, 3.05) is 42.9 Å². The summed E-state index contributed by atoms with van der Waals surface area (Å²) < 4.78 is 13.4. The molecule has 1 heterocycles. The second kappa shape index (κ2) is 14.4. The molecular formula is C33H37ClFN5O3. The second-order valence-electron chi connectivity index (χ2n) is 11.1. The number of piperazine rings is 1. The van der Waals surface area contributed by atoms with Crippen LogP contribution >= 0.6 is 11.6 Å². The number of halogens is 2. The summed E-state index contributed by atoms with van der Waals surface area (Å²) in [5, 5.41) is 6.58. The number of nitrogens with one attached hydrogen (secondary N) is 2. The van der Waals surface area contributed by atoms with Crippen molar-refractivity contribution in [3.05, 3.63) is 94.8 Å². The van der Waals surface area contributed by atoms with Crippen molar-refractivity contribution >= 4 is 40.8 Å². The smallest absolute Gasteiger partial charge is 0.317 e. The molecule has 2 N–H and O–H groups in total. The Balaban J connectivity index is 1.15. The highest BCUT2D eigenvalue weighted by atomic mass is 35.5. The van der Waals surface area contributed by atoms with Crippen LogP contribution in [0.4, 0.5) is 20.6 Å². The molecule has 0 atom stereocenters. The number of hydrogen-bond donors (Lipinski definition) is 2. The first-order valence-electron chi connectivity index (χ1n) is 14.8. The summed E-state index contributed by atoms with van der Waals surface area (Å²) in [7, 11) is 0. The maximum atomic E-state index is 13.4. The molecule has 0 unspecified atom stereocenters. The molecule has 3 aromatic rings. The van der Waals surface area contributed by atoms with Gasteiger partial charge in [0.05, 0.1) is 0 Å². The fourth-order valence-corrected chi connectivity index (χ4v) is 5.72. The van der Waals surface area contributed by atoms with Crippen molar-refractivity contribution in [1.29, 1.82) is 0 Å². The number of carbonyl (C=O) groups excluding carboxylic acids is 3. The lowest BCUT2D eigenvalue weighted by Crippen LogP contribution is -2.53. The molecule has 1 saturated heterocycles. The van der Waals surface area contributed by atoms with Crippen LogP contribution in [0.2, 0.25) is 5.02 Å². The molecular weight excluding hydrogens is 569 g/mol. The molecule has 0 bridgehead atoms. The van der Waals surface area contributed by atoms with Crippen LogP contribution in [-0.2, 0) is 11.3 Å². The monoisotopic (exact) mass is 605 g/mol. The van der Waals surface area contributed by atoms with Crippen LogP contribution in [0, 0.1) is 5.82 Å². The predicted octanol–water partition coefficient (Wildman–Crippen LogP) is 5.92. The van der Waals surface area contributed by atoms with Gasteiger partial charge in [0.2, 0.25) is 5.91 Å². The number of hydrogen-bond acceptors (Lipinski definition) is 4. The lowest BCUT2D eigenvalue weighted by Gasteiger charge is -2.37. The molecule has 0 aromatic heterocycles. The molecule has 1 saturated carbocycles. The van der Waals surface area contributed by atoms with E-state index < -0.39 is 0 Å². The van der Waals surface area contributed by atoms with Gasteiger partial charge in [0, 0.05) is 60.7 Å². The summed E-state index contributed by atoms with van der Waals surface area (Å²) in [4.78, 5) is 44.6. The molecule has 10 heteroatoms. The molecule has 8 nitrogen and oxygen atoms in total. The first kappa shape index (κ1) is 30.4. The van der Waals surface area contributed by atoms with Gasteiger partial charge in [-0.05, 0) is 79.1 Å². The molecule has 43 heavy (non-hydrogen) atoms. The van der Waals surface area contributed by atoms with Crippen molar-refractivity contribution in [1.82, 2.24) is 15.1 Å². The number of rotatable bonds is 8. The van der Waals surface area contributed by atoms with Gasteiger partial charge >= 0.3 is 6.03 Å². The minimum atomic E-state index is -0.373. The topological polar surface area (TPSA) is 85.0 Å². The normalized spacial score (nSPS) is 15.6. The fourth-order valence-electron chi connectivity index (χ4n) is 5.59. The van der Waals surface area contributed by atoms with E-state index in [0.717, 1.165) is 31.6 Å². The quantitative estimate of drug-likeness (QED) is 0.334. The van der Waals surface area contributed by atoms with E-state index in [-0.39, 0.29) is 36.8 Å². The van der Waals surface area contributed by atoms with Crippen molar-refractivity contribution in [2.45, 2.75) is 44.7 Å². The number of carbonyl (C=O) groups is 3. The zero-order valence-electron chi connectivity index (χ0n) is 24.1. The predicted molar refractivity (Wildman–Crippen MR) is 167 cm³/mol. The Morgan fingerprint density at radius 3 is 2.14 bits per heavy atom. The average molecular weight is 606 g/mol. The SMILES string of the molecule is O=C(CN(Cc1ccc(F)cc1)C(=O)c1ccc(Cl)cc1)Nc1ccc(N2CCN(C(=O)NC3CCCCC3)CC2)cc1. The van der Waals surface area contributed by atoms with Crippen molar-refractivity contribution in [3.63, 3.8) is 0 Å². The third-order valence-corrected chi connectivity index (χ3v) is 8.27. The van der Waals surface area contributed by atoms with Crippen LogP contribution in [0.15, 0.2) is 72.8 Å². The summed E-state index contributed by atoms with van der Waals surface area (Å²) in [5.74, 6) is -1.06. The largest absolute Gasteiger partial charge is 0.368 e. The van der Waals surface area contributed by atoms with Gasteiger partial charge in [-0.2, -0.15) is 0 Å². The van der Waals surface area contributed by atoms with E-state index in [1.165, 1.54) is 36.3 Å². The van der Waals surface area contributed by atoms with Gasteiger partial charge in [-0.15, -0.1) is 0 Å². The van der Waals surface area contributed by atoms with Crippen LogP contribution in [0.5, 0.6) is 0 Å². The third kappa shape index (κ3) is 8.47. The van der Waals surface area contributed by atoms with Gasteiger partial charge in [0.25, 0.3) is 5.91 Å². The molecule has 226 valence electrons. The van der Waals surface area contributed by atoms with Gasteiger partial charge in [-0.3, -0.25) is 9.59 Å². The first-order valence-corrected chi connectivity index (χ1v) is 15.2. The second-order valence-corrected chi connectivity index (χ2v) is 11.6. The van der Waals surface area contributed by atoms with E-state index in [1.807, 2.05) is 29.2 Å². The Kier molecular flexibility index (Phi) is 10.1. The molecule has 0 spiro atoms. The van der Waals surface area contributed by atoms with Crippen LogP contribution in [0.1, 0.15) is 48.0 Å². The van der Waals surface area contributed by atoms with Crippen LogP contribution < -0.4 is 15.5 Å². The van der Waals surface area contributed by atoms with Crippen molar-refractivity contribution in [2.24, 2.45) is 0 Å². The Morgan fingerprint density at radius 1 is 0.837 bits per heavy atom. The van der Waals surface area contributed by atoms with E-state index in [9.17, 15) is 18.8 Å². The van der Waals surface area contributed by atoms with Crippen LogP contribution in [-0.4, -0.2) is 66.4 Å². The fraction of sp³-hybridized carbons (Fsp3) is 0.364. The number of amides is 4. The molecule has 5 rings (SSSR count). The molecule has 3 aromatic carbocycles. The maximum absolute atomic E-state index is 13.4. The Hall–Kier alpha value is -4.11. The zero-order valence-corrected chi connectivity index (χ0v) is 24.9. The molecule has 2 aliphatic rings. The van der Waals surface area contributed by atoms with Crippen LogP contribution in [0.25, 0.3) is 0 Å². The summed E-state index contributed by atoms with van der Waals surface area (Å²) in [6.07, 6.45) is 5.77. The highest BCUT2D eigenvalue weighted by Gasteiger charge is 2.24. The van der Waals surface area contributed by atoms with Gasteiger partial charge in [0.1, 0.15) is 12.4 Å². The van der Waals surface area contributed by atoms with Crippen molar-refractivity contribution in [3.8, 4) is 0 Å². The maximum Gasteiger partial charge on any atom is 0.317 e. The highest BCUT2D eigenvalue weighted by Crippen LogP contribution is 2.21. The van der Waals surface area contributed by atoms with Crippen molar-refractivity contribution < 1.29 is 18.8 Å². The van der Waals surface area contributed by atoms with E-state index in [0.29, 0.717) is 41.0 Å². The summed E-state index contributed by atoms with van der Waals surface area (Å²) in [5.41, 5.74) is 2.73. The Bertz CT molecular complexity index is 1390. The highest BCUT2D eigenvalue weighted by molar-refractivity contribution is 6.30. The van der Waals surface area contributed by atoms with Gasteiger partial charge in [0.15, 0.2) is 0 Å². The Labute approximate surface area is 256 Å². The summed E-state index contributed by atoms with van der Waals surface area (Å²) in [6.45, 7) is 2.72. The minimum absolute atomic E-state index is 0.0348. The summed E-state index contributed by atoms with van der Waals surface area (Å²) >= 11 is 5.98. The number of anilines is 2. The lowest BCUT2D eigenvalue weighted by atomic mass is 9.96. The molecule has 1 aliphatic carbocycles. The molecule has 1 aliphatic heterocycles. The number of urea groups is 1. The van der Waals surface area contributed by atoms with E-state index in [2.05, 4.69) is 15.5 Å². The number of nitrogens with zero attached hydrogens (tertiary/aromatic N) is 3. The zero-order chi connectivity index (χ0) is 30.2. The van der Waals surface area contributed by atoms with Gasteiger partial charge in [-0.25, -0.2) is 9.18 Å². The number of benzene rings is 3. The summed E-state index contributed by atoms with van der Waals surface area (Å²) in [6, 6.07) is 20.2. The molecule has 0 radical (unpaired) electrons. The van der Waals surface area contributed by atoms with Gasteiger partial charge in [-0.1, -0.05) is 43.0 Å². The lowest BCUT2D eigenvalue weighted by molar-refractivity contribution is -0.117. The molecule has 4 amide bonds. The Morgan fingerprint density at radius 2 is 1.49 bits per heavy atom. The third-order valence-electron chi connectivity index (χ3n) is 8.02.